The summed E-state index contributed by atoms with van der Waals surface area (Å²) in [5.74, 6) is 0.429. The second kappa shape index (κ2) is 7.58. The average Bonchev–Trinajstić information content (AvgIpc) is 2.26. The van der Waals surface area contributed by atoms with Crippen LogP contribution in [0.15, 0.2) is 12.1 Å². The van der Waals surface area contributed by atoms with Crippen molar-refractivity contribution in [1.29, 1.82) is 0 Å². The number of benzene rings is 1. The number of nitrogens with two attached hydrogens (primary N) is 1. The maximum Gasteiger partial charge on any atom is 0.255 e. The van der Waals surface area contributed by atoms with Crippen molar-refractivity contribution in [2.45, 2.75) is 20.4 Å². The summed E-state index contributed by atoms with van der Waals surface area (Å²) in [4.78, 5) is 10.8. The number of carbonyl (C=O) groups excluding carboxylic acids is 1. The van der Waals surface area contributed by atoms with Crippen molar-refractivity contribution in [3.63, 3.8) is 0 Å². The lowest BCUT2D eigenvalue weighted by molar-refractivity contribution is -0.119. The van der Waals surface area contributed by atoms with Crippen molar-refractivity contribution in [2.24, 2.45) is 11.7 Å². The monoisotopic (exact) mass is 304 g/mol. The van der Waals surface area contributed by atoms with Gasteiger partial charge in [-0.2, -0.15) is 0 Å². The van der Waals surface area contributed by atoms with Gasteiger partial charge in [-0.3, -0.25) is 4.79 Å². The fraction of sp³-hybridized carbons (Fsp3) is 0.462. The van der Waals surface area contributed by atoms with E-state index in [4.69, 9.17) is 33.7 Å². The summed E-state index contributed by atoms with van der Waals surface area (Å²) in [7, 11) is 0. The van der Waals surface area contributed by atoms with Gasteiger partial charge in [0.15, 0.2) is 6.61 Å². The van der Waals surface area contributed by atoms with Gasteiger partial charge in [0, 0.05) is 17.1 Å². The fourth-order valence-electron chi connectivity index (χ4n) is 1.55. The molecule has 0 fully saturated rings. The molecule has 1 aromatic carbocycles. The third-order valence-corrected chi connectivity index (χ3v) is 2.81. The smallest absolute Gasteiger partial charge is 0.255 e. The normalized spacial score (nSPS) is 10.8. The highest BCUT2D eigenvalue weighted by atomic mass is 35.5. The predicted octanol–water partition coefficient (Wildman–Crippen LogP) is 2.60. The average molecular weight is 305 g/mol. The molecule has 106 valence electrons. The molecule has 6 heteroatoms. The molecule has 0 unspecified atom stereocenters. The molecule has 0 aliphatic rings. The summed E-state index contributed by atoms with van der Waals surface area (Å²) < 4.78 is 5.34. The summed E-state index contributed by atoms with van der Waals surface area (Å²) in [6.07, 6.45) is 0. The summed E-state index contributed by atoms with van der Waals surface area (Å²) in [5.41, 5.74) is 5.87. The van der Waals surface area contributed by atoms with Crippen LogP contribution in [0.4, 0.5) is 0 Å². The van der Waals surface area contributed by atoms with E-state index >= 15 is 0 Å². The van der Waals surface area contributed by atoms with Gasteiger partial charge in [-0.25, -0.2) is 0 Å². The van der Waals surface area contributed by atoms with Gasteiger partial charge in [-0.1, -0.05) is 37.0 Å². The highest BCUT2D eigenvalue weighted by Crippen LogP contribution is 2.32. The molecule has 0 bridgehead atoms. The van der Waals surface area contributed by atoms with E-state index in [1.165, 1.54) is 0 Å². The van der Waals surface area contributed by atoms with Gasteiger partial charge >= 0.3 is 0 Å². The Kier molecular flexibility index (Phi) is 6.42. The van der Waals surface area contributed by atoms with Crippen LogP contribution in [-0.2, 0) is 11.3 Å². The summed E-state index contributed by atoms with van der Waals surface area (Å²) in [6.45, 7) is 5.44. The Labute approximate surface area is 123 Å². The minimum absolute atomic E-state index is 0.210. The summed E-state index contributed by atoms with van der Waals surface area (Å²) in [5, 5.41) is 4.17. The van der Waals surface area contributed by atoms with Gasteiger partial charge in [0.25, 0.3) is 5.91 Å². The number of ether oxygens (including phenoxy) is 1. The molecule has 0 radical (unpaired) electrons. The fourth-order valence-corrected chi connectivity index (χ4v) is 2.14. The van der Waals surface area contributed by atoms with Crippen molar-refractivity contribution in [2.75, 3.05) is 13.2 Å². The van der Waals surface area contributed by atoms with Crippen LogP contribution in [0.2, 0.25) is 10.0 Å². The first-order valence-corrected chi connectivity index (χ1v) is 6.75. The lowest BCUT2D eigenvalue weighted by Gasteiger charge is -2.14. The Morgan fingerprint density at radius 1 is 1.42 bits per heavy atom. The van der Waals surface area contributed by atoms with E-state index in [0.717, 1.165) is 12.1 Å². The lowest BCUT2D eigenvalue weighted by Crippen LogP contribution is -2.22. The number of amides is 1. The van der Waals surface area contributed by atoms with Gasteiger partial charge in [-0.05, 0) is 24.6 Å². The molecule has 0 saturated heterocycles. The van der Waals surface area contributed by atoms with Gasteiger partial charge in [0.05, 0.1) is 5.02 Å². The van der Waals surface area contributed by atoms with E-state index in [2.05, 4.69) is 19.2 Å². The van der Waals surface area contributed by atoms with E-state index in [1.807, 2.05) is 0 Å². The number of hydrogen-bond acceptors (Lipinski definition) is 3. The molecule has 0 spiro atoms. The molecule has 19 heavy (non-hydrogen) atoms. The van der Waals surface area contributed by atoms with E-state index < -0.39 is 5.91 Å². The molecule has 4 nitrogen and oxygen atoms in total. The van der Waals surface area contributed by atoms with Gasteiger partial charge in [0.1, 0.15) is 5.75 Å². The third-order valence-electron chi connectivity index (χ3n) is 2.31. The summed E-state index contributed by atoms with van der Waals surface area (Å²) >= 11 is 12.0. The van der Waals surface area contributed by atoms with Crippen LogP contribution in [0.5, 0.6) is 5.75 Å². The number of nitrogens with one attached hydrogen (secondary N) is 1. The first-order chi connectivity index (χ1) is 8.90. The lowest BCUT2D eigenvalue weighted by atomic mass is 10.1. The van der Waals surface area contributed by atoms with E-state index in [1.54, 1.807) is 12.1 Å². The van der Waals surface area contributed by atoms with Gasteiger partial charge < -0.3 is 15.8 Å². The zero-order valence-corrected chi connectivity index (χ0v) is 12.5. The standard InChI is InChI=1S/C13H18Cl2N2O2/c1-8(2)5-17-6-9-3-10(14)4-11(15)13(9)19-7-12(16)18/h3-4,8,17H,5-7H2,1-2H3,(H2,16,18). The molecule has 1 amide bonds. The molecule has 0 heterocycles. The highest BCUT2D eigenvalue weighted by molar-refractivity contribution is 6.35. The third kappa shape index (κ3) is 5.68. The number of primary amides is 1. The molecule has 0 saturated carbocycles. The van der Waals surface area contributed by atoms with Crippen LogP contribution in [-0.4, -0.2) is 19.1 Å². The van der Waals surface area contributed by atoms with Crippen LogP contribution >= 0.6 is 23.2 Å². The van der Waals surface area contributed by atoms with Crippen LogP contribution in [0.1, 0.15) is 19.4 Å². The molecule has 0 atom stereocenters. The zero-order valence-electron chi connectivity index (χ0n) is 11.0. The SMILES string of the molecule is CC(C)CNCc1cc(Cl)cc(Cl)c1OCC(N)=O. The van der Waals surface area contributed by atoms with Crippen LogP contribution in [0.3, 0.4) is 0 Å². The highest BCUT2D eigenvalue weighted by Gasteiger charge is 2.12. The molecular formula is C13H18Cl2N2O2. The van der Waals surface area contributed by atoms with Gasteiger partial charge in [-0.15, -0.1) is 0 Å². The largest absolute Gasteiger partial charge is 0.482 e. The maximum absolute atomic E-state index is 10.8. The number of carbonyl (C=O) groups is 1. The van der Waals surface area contributed by atoms with Gasteiger partial charge in [0.2, 0.25) is 0 Å². The zero-order chi connectivity index (χ0) is 14.4. The Morgan fingerprint density at radius 2 is 2.11 bits per heavy atom. The Bertz CT molecular complexity index is 451. The number of halogens is 2. The Balaban J connectivity index is 2.83. The quantitative estimate of drug-likeness (QED) is 0.814. The minimum atomic E-state index is -0.549. The van der Waals surface area contributed by atoms with Crippen molar-refractivity contribution in [3.05, 3.63) is 27.7 Å². The Hall–Kier alpha value is -0.970. The van der Waals surface area contributed by atoms with Crippen molar-refractivity contribution in [3.8, 4) is 5.75 Å². The number of rotatable bonds is 7. The molecular weight excluding hydrogens is 287 g/mol. The predicted molar refractivity (Wildman–Crippen MR) is 77.7 cm³/mol. The van der Waals surface area contributed by atoms with E-state index in [9.17, 15) is 4.79 Å². The van der Waals surface area contributed by atoms with Crippen LogP contribution in [0, 0.1) is 5.92 Å². The van der Waals surface area contributed by atoms with Crippen LogP contribution < -0.4 is 15.8 Å². The number of hydrogen-bond donors (Lipinski definition) is 2. The molecule has 3 N–H and O–H groups in total. The van der Waals surface area contributed by atoms with E-state index in [0.29, 0.717) is 28.3 Å². The van der Waals surface area contributed by atoms with Crippen molar-refractivity contribution < 1.29 is 9.53 Å². The van der Waals surface area contributed by atoms with Crippen molar-refractivity contribution in [1.82, 2.24) is 5.32 Å². The van der Waals surface area contributed by atoms with Crippen molar-refractivity contribution >= 4 is 29.1 Å². The Morgan fingerprint density at radius 3 is 2.68 bits per heavy atom. The molecule has 0 aliphatic carbocycles. The molecule has 0 aromatic heterocycles. The topological polar surface area (TPSA) is 64.3 Å². The van der Waals surface area contributed by atoms with E-state index in [-0.39, 0.29) is 6.61 Å². The first kappa shape index (κ1) is 16.1. The molecule has 1 aromatic rings. The maximum atomic E-state index is 10.8. The minimum Gasteiger partial charge on any atom is -0.482 e. The van der Waals surface area contributed by atoms with Crippen LogP contribution in [0.25, 0.3) is 0 Å². The first-order valence-electron chi connectivity index (χ1n) is 6.00. The second-order valence-electron chi connectivity index (χ2n) is 4.66. The molecule has 0 aliphatic heterocycles. The molecule has 1 rings (SSSR count). The second-order valence-corrected chi connectivity index (χ2v) is 5.50. The summed E-state index contributed by atoms with van der Waals surface area (Å²) in [6, 6.07) is 3.34.